The monoisotopic (exact) mass is 340 g/mol. The summed E-state index contributed by atoms with van der Waals surface area (Å²) in [4.78, 5) is 14.6. The van der Waals surface area contributed by atoms with Gasteiger partial charge in [-0.1, -0.05) is 30.3 Å². The van der Waals surface area contributed by atoms with E-state index in [0.717, 1.165) is 23.4 Å². The second-order valence-corrected chi connectivity index (χ2v) is 6.51. The van der Waals surface area contributed by atoms with Gasteiger partial charge in [0.25, 0.3) is 0 Å². The van der Waals surface area contributed by atoms with E-state index in [1.54, 1.807) is 25.3 Å². The first-order valence-electron chi connectivity index (χ1n) is 8.56. The highest BCUT2D eigenvalue weighted by Gasteiger charge is 2.27. The van der Waals surface area contributed by atoms with Gasteiger partial charge in [-0.15, -0.1) is 0 Å². The molecule has 3 rings (SSSR count). The maximum atomic E-state index is 12.8. The fourth-order valence-electron chi connectivity index (χ4n) is 2.82. The zero-order chi connectivity index (χ0) is 17.6. The quantitative estimate of drug-likeness (QED) is 0.801. The topological polar surface area (TPSA) is 61.8 Å². The SMILES string of the molecule is COCc1ccccc1NC(=O)N(Cc1cccc(O)c1)CC1CC1. The molecule has 0 aliphatic heterocycles. The largest absolute Gasteiger partial charge is 0.508 e. The minimum atomic E-state index is -0.126. The summed E-state index contributed by atoms with van der Waals surface area (Å²) in [6, 6.07) is 14.6. The van der Waals surface area contributed by atoms with E-state index in [9.17, 15) is 9.90 Å². The minimum Gasteiger partial charge on any atom is -0.508 e. The first-order valence-corrected chi connectivity index (χ1v) is 8.56. The van der Waals surface area contributed by atoms with Crippen molar-refractivity contribution in [2.45, 2.75) is 26.0 Å². The number of para-hydroxylation sites is 1. The van der Waals surface area contributed by atoms with Crippen molar-refractivity contribution < 1.29 is 14.6 Å². The lowest BCUT2D eigenvalue weighted by Crippen LogP contribution is -2.36. The van der Waals surface area contributed by atoms with Crippen LogP contribution in [-0.2, 0) is 17.9 Å². The number of benzene rings is 2. The molecule has 1 fully saturated rings. The van der Waals surface area contributed by atoms with Crippen LogP contribution in [0, 0.1) is 5.92 Å². The number of phenolic OH excluding ortho intramolecular Hbond substituents is 1. The van der Waals surface area contributed by atoms with Gasteiger partial charge in [-0.05, 0) is 42.5 Å². The van der Waals surface area contributed by atoms with Crippen LogP contribution in [0.1, 0.15) is 24.0 Å². The number of ether oxygens (including phenoxy) is 1. The summed E-state index contributed by atoms with van der Waals surface area (Å²) in [7, 11) is 1.64. The Balaban J connectivity index is 1.73. The van der Waals surface area contributed by atoms with E-state index in [1.807, 2.05) is 35.2 Å². The Kier molecular flexibility index (Phi) is 5.56. The summed E-state index contributed by atoms with van der Waals surface area (Å²) in [6.45, 7) is 1.66. The van der Waals surface area contributed by atoms with E-state index in [0.29, 0.717) is 19.1 Å². The number of phenols is 1. The van der Waals surface area contributed by atoms with Crippen molar-refractivity contribution >= 4 is 11.7 Å². The summed E-state index contributed by atoms with van der Waals surface area (Å²) in [5.41, 5.74) is 2.63. The van der Waals surface area contributed by atoms with Crippen molar-refractivity contribution in [1.82, 2.24) is 4.90 Å². The number of nitrogens with one attached hydrogen (secondary N) is 1. The van der Waals surface area contributed by atoms with Crippen molar-refractivity contribution in [2.24, 2.45) is 5.92 Å². The third-order valence-electron chi connectivity index (χ3n) is 4.31. The van der Waals surface area contributed by atoms with Gasteiger partial charge in [-0.3, -0.25) is 0 Å². The number of hydrogen-bond donors (Lipinski definition) is 2. The molecule has 0 aromatic heterocycles. The van der Waals surface area contributed by atoms with Crippen LogP contribution in [0.3, 0.4) is 0 Å². The van der Waals surface area contributed by atoms with Crippen molar-refractivity contribution in [3.8, 4) is 5.75 Å². The fraction of sp³-hybridized carbons (Fsp3) is 0.350. The molecule has 132 valence electrons. The van der Waals surface area contributed by atoms with Crippen molar-refractivity contribution in [3.63, 3.8) is 0 Å². The van der Waals surface area contributed by atoms with Gasteiger partial charge in [-0.25, -0.2) is 4.79 Å². The Bertz CT molecular complexity index is 728. The second kappa shape index (κ2) is 8.03. The van der Waals surface area contributed by atoms with Crippen molar-refractivity contribution in [2.75, 3.05) is 19.0 Å². The summed E-state index contributed by atoms with van der Waals surface area (Å²) in [5.74, 6) is 0.798. The second-order valence-electron chi connectivity index (χ2n) is 6.51. The Labute approximate surface area is 148 Å². The molecule has 2 N–H and O–H groups in total. The number of carbonyl (C=O) groups excluding carboxylic acids is 1. The molecule has 0 spiro atoms. The lowest BCUT2D eigenvalue weighted by molar-refractivity contribution is 0.185. The molecule has 0 radical (unpaired) electrons. The lowest BCUT2D eigenvalue weighted by atomic mass is 10.2. The number of rotatable bonds is 7. The number of anilines is 1. The number of methoxy groups -OCH3 is 1. The average Bonchev–Trinajstić information content (AvgIpc) is 3.40. The van der Waals surface area contributed by atoms with Gasteiger partial charge in [0.05, 0.1) is 6.61 Å². The third kappa shape index (κ3) is 4.97. The zero-order valence-corrected chi connectivity index (χ0v) is 14.4. The Morgan fingerprint density at radius 1 is 1.24 bits per heavy atom. The van der Waals surface area contributed by atoms with Crippen molar-refractivity contribution in [1.29, 1.82) is 0 Å². The van der Waals surface area contributed by atoms with Gasteiger partial charge in [0.1, 0.15) is 5.75 Å². The highest BCUT2D eigenvalue weighted by atomic mass is 16.5. The van der Waals surface area contributed by atoms with E-state index in [-0.39, 0.29) is 11.8 Å². The van der Waals surface area contributed by atoms with Gasteiger partial charge in [0.2, 0.25) is 0 Å². The number of urea groups is 1. The molecule has 1 aliphatic rings. The van der Waals surface area contributed by atoms with Crippen LogP contribution in [0.4, 0.5) is 10.5 Å². The number of carbonyl (C=O) groups is 1. The Morgan fingerprint density at radius 2 is 2.04 bits per heavy atom. The first kappa shape index (κ1) is 17.3. The molecule has 2 amide bonds. The highest BCUT2D eigenvalue weighted by Crippen LogP contribution is 2.30. The number of amides is 2. The van der Waals surface area contributed by atoms with Gasteiger partial charge < -0.3 is 20.1 Å². The summed E-state index contributed by atoms with van der Waals surface area (Å²) >= 11 is 0. The average molecular weight is 340 g/mol. The molecule has 2 aromatic carbocycles. The van der Waals surface area contributed by atoms with Crippen LogP contribution in [0.5, 0.6) is 5.75 Å². The molecule has 1 saturated carbocycles. The van der Waals surface area contributed by atoms with Crippen LogP contribution < -0.4 is 5.32 Å². The van der Waals surface area contributed by atoms with Gasteiger partial charge in [0, 0.05) is 31.5 Å². The fourth-order valence-corrected chi connectivity index (χ4v) is 2.82. The normalized spacial score (nSPS) is 13.5. The summed E-state index contributed by atoms with van der Waals surface area (Å²) < 4.78 is 5.20. The predicted octanol–water partition coefficient (Wildman–Crippen LogP) is 3.98. The Morgan fingerprint density at radius 3 is 2.76 bits per heavy atom. The molecule has 0 bridgehead atoms. The maximum absolute atomic E-state index is 12.8. The number of nitrogens with zero attached hydrogens (tertiary/aromatic N) is 1. The van der Waals surface area contributed by atoms with Crippen LogP contribution in [0.2, 0.25) is 0 Å². The summed E-state index contributed by atoms with van der Waals surface area (Å²) in [5, 5.41) is 12.7. The predicted molar refractivity (Wildman–Crippen MR) is 97.4 cm³/mol. The standard InChI is InChI=1S/C20H24N2O3/c1-25-14-17-6-2-3-8-19(17)21-20(24)22(12-15-9-10-15)13-16-5-4-7-18(23)11-16/h2-8,11,15,23H,9-10,12-14H2,1H3,(H,21,24). The molecule has 2 aromatic rings. The smallest absolute Gasteiger partial charge is 0.322 e. The molecule has 1 aliphatic carbocycles. The summed E-state index contributed by atoms with van der Waals surface area (Å²) in [6.07, 6.45) is 2.34. The van der Waals surface area contributed by atoms with E-state index in [2.05, 4.69) is 5.32 Å². The van der Waals surface area contributed by atoms with Crippen molar-refractivity contribution in [3.05, 3.63) is 59.7 Å². The molecule has 0 atom stereocenters. The Hall–Kier alpha value is -2.53. The van der Waals surface area contributed by atoms with E-state index in [4.69, 9.17) is 4.74 Å². The van der Waals surface area contributed by atoms with Crippen LogP contribution in [0.25, 0.3) is 0 Å². The molecule has 5 nitrogen and oxygen atoms in total. The molecular formula is C20H24N2O3. The van der Waals surface area contributed by atoms with Crippen LogP contribution in [0.15, 0.2) is 48.5 Å². The number of aromatic hydroxyl groups is 1. The highest BCUT2D eigenvalue weighted by molar-refractivity contribution is 5.90. The molecule has 0 saturated heterocycles. The first-order chi connectivity index (χ1) is 12.2. The van der Waals surface area contributed by atoms with E-state index in [1.165, 1.54) is 12.8 Å². The van der Waals surface area contributed by atoms with Gasteiger partial charge in [0.15, 0.2) is 0 Å². The van der Waals surface area contributed by atoms with Crippen LogP contribution >= 0.6 is 0 Å². The third-order valence-corrected chi connectivity index (χ3v) is 4.31. The van der Waals surface area contributed by atoms with Gasteiger partial charge >= 0.3 is 6.03 Å². The van der Waals surface area contributed by atoms with Crippen LogP contribution in [-0.4, -0.2) is 29.7 Å². The van der Waals surface area contributed by atoms with E-state index >= 15 is 0 Å². The van der Waals surface area contributed by atoms with Gasteiger partial charge in [-0.2, -0.15) is 0 Å². The molecular weight excluding hydrogens is 316 g/mol. The maximum Gasteiger partial charge on any atom is 0.322 e. The number of hydrogen-bond acceptors (Lipinski definition) is 3. The molecule has 25 heavy (non-hydrogen) atoms. The minimum absolute atomic E-state index is 0.126. The molecule has 0 unspecified atom stereocenters. The lowest BCUT2D eigenvalue weighted by Gasteiger charge is -2.24. The molecule has 5 heteroatoms. The zero-order valence-electron chi connectivity index (χ0n) is 14.4. The van der Waals surface area contributed by atoms with E-state index < -0.39 is 0 Å². The molecule has 0 heterocycles.